The van der Waals surface area contributed by atoms with Crippen LogP contribution in [0.25, 0.3) is 11.4 Å². The van der Waals surface area contributed by atoms with Crippen LogP contribution in [0, 0.1) is 6.92 Å². The molecule has 0 unspecified atom stereocenters. The van der Waals surface area contributed by atoms with Gasteiger partial charge in [0, 0.05) is 18.9 Å². The number of thioether (sulfide) groups is 1. The highest BCUT2D eigenvalue weighted by atomic mass is 32.2. The zero-order chi connectivity index (χ0) is 21.5. The number of ether oxygens (including phenoxy) is 2. The van der Waals surface area contributed by atoms with Gasteiger partial charge >= 0.3 is 0 Å². The second kappa shape index (κ2) is 10.2. The molecule has 158 valence electrons. The molecule has 1 amide bonds. The molecule has 0 radical (unpaired) electrons. The zero-order valence-electron chi connectivity index (χ0n) is 17.5. The molecule has 7 nitrogen and oxygen atoms in total. The van der Waals surface area contributed by atoms with E-state index in [4.69, 9.17) is 14.0 Å². The summed E-state index contributed by atoms with van der Waals surface area (Å²) < 4.78 is 15.9. The van der Waals surface area contributed by atoms with Crippen molar-refractivity contribution in [3.63, 3.8) is 0 Å². The highest BCUT2D eigenvalue weighted by Crippen LogP contribution is 2.31. The Morgan fingerprint density at radius 3 is 2.60 bits per heavy atom. The van der Waals surface area contributed by atoms with Crippen molar-refractivity contribution in [1.82, 2.24) is 15.0 Å². The van der Waals surface area contributed by atoms with E-state index in [-0.39, 0.29) is 12.5 Å². The summed E-state index contributed by atoms with van der Waals surface area (Å²) in [6.07, 6.45) is 0. The summed E-state index contributed by atoms with van der Waals surface area (Å²) in [6, 6.07) is 13.7. The molecule has 0 saturated heterocycles. The maximum atomic E-state index is 12.4. The minimum atomic E-state index is 0.00823. The van der Waals surface area contributed by atoms with Crippen LogP contribution in [0.4, 0.5) is 0 Å². The van der Waals surface area contributed by atoms with Gasteiger partial charge in [-0.15, -0.1) is 11.8 Å². The van der Waals surface area contributed by atoms with Crippen LogP contribution < -0.4 is 9.47 Å². The number of benzene rings is 2. The standard InChI is InChI=1S/C22H25N3O4S/c1-15-5-7-16(8-6-15)13-30-14-21(26)25(2)12-20-23-22(24-29-20)18-10-9-17(27-3)11-19(18)28-4/h5-11H,12-14H2,1-4H3. The van der Waals surface area contributed by atoms with Gasteiger partial charge in [-0.2, -0.15) is 4.98 Å². The molecule has 8 heteroatoms. The lowest BCUT2D eigenvalue weighted by atomic mass is 10.2. The van der Waals surface area contributed by atoms with Crippen LogP contribution in [-0.4, -0.2) is 48.0 Å². The maximum absolute atomic E-state index is 12.4. The first-order valence-corrected chi connectivity index (χ1v) is 10.6. The predicted molar refractivity (Wildman–Crippen MR) is 117 cm³/mol. The van der Waals surface area contributed by atoms with Gasteiger partial charge in [0.05, 0.1) is 32.1 Å². The number of carbonyl (C=O) groups excluding carboxylic acids is 1. The van der Waals surface area contributed by atoms with Crippen molar-refractivity contribution in [2.45, 2.75) is 19.2 Å². The highest BCUT2D eigenvalue weighted by Gasteiger charge is 2.17. The van der Waals surface area contributed by atoms with Gasteiger partial charge in [-0.1, -0.05) is 35.0 Å². The zero-order valence-corrected chi connectivity index (χ0v) is 18.4. The number of methoxy groups -OCH3 is 2. The fourth-order valence-corrected chi connectivity index (χ4v) is 3.68. The summed E-state index contributed by atoms with van der Waals surface area (Å²) in [4.78, 5) is 18.4. The summed E-state index contributed by atoms with van der Waals surface area (Å²) >= 11 is 1.58. The lowest BCUT2D eigenvalue weighted by Crippen LogP contribution is -2.28. The Morgan fingerprint density at radius 1 is 1.13 bits per heavy atom. The Hall–Kier alpha value is -3.00. The van der Waals surface area contributed by atoms with Crippen molar-refractivity contribution in [2.24, 2.45) is 0 Å². The van der Waals surface area contributed by atoms with E-state index in [1.807, 2.05) is 6.07 Å². The van der Waals surface area contributed by atoms with Gasteiger partial charge in [-0.05, 0) is 24.6 Å². The molecule has 0 aliphatic carbocycles. The topological polar surface area (TPSA) is 77.7 Å². The minimum absolute atomic E-state index is 0.00823. The number of hydrogen-bond donors (Lipinski definition) is 0. The van der Waals surface area contributed by atoms with E-state index in [9.17, 15) is 4.79 Å². The first-order chi connectivity index (χ1) is 14.5. The fraction of sp³-hybridized carbons (Fsp3) is 0.318. The van der Waals surface area contributed by atoms with Crippen LogP contribution in [0.3, 0.4) is 0 Å². The van der Waals surface area contributed by atoms with E-state index in [0.29, 0.717) is 34.5 Å². The predicted octanol–water partition coefficient (Wildman–Crippen LogP) is 3.95. The van der Waals surface area contributed by atoms with Crippen molar-refractivity contribution < 1.29 is 18.8 Å². The number of hydrogen-bond acceptors (Lipinski definition) is 7. The van der Waals surface area contributed by atoms with Gasteiger partial charge in [0.25, 0.3) is 0 Å². The van der Waals surface area contributed by atoms with Gasteiger partial charge in [0.15, 0.2) is 0 Å². The van der Waals surface area contributed by atoms with Crippen molar-refractivity contribution in [1.29, 1.82) is 0 Å². The summed E-state index contributed by atoms with van der Waals surface area (Å²) in [5, 5.41) is 4.02. The van der Waals surface area contributed by atoms with Gasteiger partial charge < -0.3 is 18.9 Å². The van der Waals surface area contributed by atoms with E-state index in [0.717, 1.165) is 5.75 Å². The molecule has 0 aliphatic rings. The molecular weight excluding hydrogens is 402 g/mol. The molecule has 0 bridgehead atoms. The molecule has 30 heavy (non-hydrogen) atoms. The summed E-state index contributed by atoms with van der Waals surface area (Å²) in [6.45, 7) is 2.30. The molecule has 0 aliphatic heterocycles. The number of aryl methyl sites for hydroxylation is 1. The van der Waals surface area contributed by atoms with Crippen molar-refractivity contribution in [3.8, 4) is 22.9 Å². The van der Waals surface area contributed by atoms with Crippen molar-refractivity contribution >= 4 is 17.7 Å². The quantitative estimate of drug-likeness (QED) is 0.512. The smallest absolute Gasteiger partial charge is 0.246 e. The molecule has 0 atom stereocenters. The van der Waals surface area contributed by atoms with Crippen LogP contribution in [-0.2, 0) is 17.1 Å². The second-order valence-corrected chi connectivity index (χ2v) is 7.79. The van der Waals surface area contributed by atoms with Crippen LogP contribution in [0.2, 0.25) is 0 Å². The molecular formula is C22H25N3O4S. The molecule has 0 saturated carbocycles. The Bertz CT molecular complexity index is 988. The maximum Gasteiger partial charge on any atom is 0.246 e. The molecule has 0 N–H and O–H groups in total. The highest BCUT2D eigenvalue weighted by molar-refractivity contribution is 7.99. The van der Waals surface area contributed by atoms with Crippen LogP contribution >= 0.6 is 11.8 Å². The fourth-order valence-electron chi connectivity index (χ4n) is 2.75. The number of amides is 1. The monoisotopic (exact) mass is 427 g/mol. The molecule has 1 aromatic heterocycles. The SMILES string of the molecule is COc1ccc(-c2noc(CN(C)C(=O)CSCc3ccc(C)cc3)n2)c(OC)c1. The van der Waals surface area contributed by atoms with E-state index in [1.54, 1.807) is 50.1 Å². The lowest BCUT2D eigenvalue weighted by Gasteiger charge is -2.14. The molecule has 3 aromatic rings. The first-order valence-electron chi connectivity index (χ1n) is 9.42. The number of rotatable bonds is 9. The number of carbonyl (C=O) groups is 1. The van der Waals surface area contributed by atoms with Gasteiger partial charge in [-0.3, -0.25) is 4.79 Å². The largest absolute Gasteiger partial charge is 0.497 e. The van der Waals surface area contributed by atoms with Gasteiger partial charge in [0.1, 0.15) is 11.5 Å². The normalized spacial score (nSPS) is 10.7. The third-order valence-corrected chi connectivity index (χ3v) is 5.52. The lowest BCUT2D eigenvalue weighted by molar-refractivity contribution is -0.127. The Kier molecular flexibility index (Phi) is 7.35. The average molecular weight is 428 g/mol. The van der Waals surface area contributed by atoms with E-state index >= 15 is 0 Å². The van der Waals surface area contributed by atoms with E-state index in [1.165, 1.54) is 11.1 Å². The molecule has 1 heterocycles. The Morgan fingerprint density at radius 2 is 1.90 bits per heavy atom. The summed E-state index contributed by atoms with van der Waals surface area (Å²) in [7, 11) is 4.89. The molecule has 2 aromatic carbocycles. The van der Waals surface area contributed by atoms with Gasteiger partial charge in [0.2, 0.25) is 17.6 Å². The van der Waals surface area contributed by atoms with Crippen molar-refractivity contribution in [2.75, 3.05) is 27.0 Å². The average Bonchev–Trinajstić information content (AvgIpc) is 3.22. The first kappa shape index (κ1) is 21.7. The third-order valence-electron chi connectivity index (χ3n) is 4.53. The van der Waals surface area contributed by atoms with E-state index in [2.05, 4.69) is 41.3 Å². The Balaban J connectivity index is 1.56. The van der Waals surface area contributed by atoms with Crippen LogP contribution in [0.15, 0.2) is 47.0 Å². The molecule has 3 rings (SSSR count). The van der Waals surface area contributed by atoms with E-state index < -0.39 is 0 Å². The number of nitrogens with zero attached hydrogens (tertiary/aromatic N) is 3. The van der Waals surface area contributed by atoms with Crippen LogP contribution in [0.5, 0.6) is 11.5 Å². The molecule has 0 spiro atoms. The minimum Gasteiger partial charge on any atom is -0.497 e. The van der Waals surface area contributed by atoms with Crippen LogP contribution in [0.1, 0.15) is 17.0 Å². The van der Waals surface area contributed by atoms with Gasteiger partial charge in [-0.25, -0.2) is 0 Å². The number of aromatic nitrogens is 2. The van der Waals surface area contributed by atoms with Crippen molar-refractivity contribution in [3.05, 3.63) is 59.5 Å². The third kappa shape index (κ3) is 5.54. The summed E-state index contributed by atoms with van der Waals surface area (Å²) in [5.74, 6) is 3.21. The molecule has 0 fully saturated rings. The Labute approximate surface area is 180 Å². The second-order valence-electron chi connectivity index (χ2n) is 6.81. The summed E-state index contributed by atoms with van der Waals surface area (Å²) in [5.41, 5.74) is 3.12.